The third kappa shape index (κ3) is 3.05. The first-order valence-corrected chi connectivity index (χ1v) is 9.74. The molecule has 1 saturated carbocycles. The average Bonchev–Trinajstić information content (AvgIpc) is 3.30. The molecular weight excluding hydrogens is 463 g/mol. The topological polar surface area (TPSA) is 96.3 Å². The van der Waals surface area contributed by atoms with Gasteiger partial charge in [-0.05, 0) is 71.5 Å². The molecule has 2 aliphatic carbocycles. The number of rotatable bonds is 5. The molecule has 1 aromatic rings. The molecule has 0 aromatic heterocycles. The van der Waals surface area contributed by atoms with Crippen LogP contribution in [0.5, 0.6) is 5.75 Å². The second-order valence-corrected chi connectivity index (χ2v) is 8.18. The summed E-state index contributed by atoms with van der Waals surface area (Å²) >= 11 is 2.04. The molecule has 27 heavy (non-hydrogen) atoms. The van der Waals surface area contributed by atoms with Crippen molar-refractivity contribution >= 4 is 46.6 Å². The van der Waals surface area contributed by atoms with E-state index in [1.165, 1.54) is 13.1 Å². The molecule has 4 rings (SSSR count). The number of amides is 2. The summed E-state index contributed by atoms with van der Waals surface area (Å²) in [5.41, 5.74) is 0.688. The van der Waals surface area contributed by atoms with Crippen LogP contribution in [0.25, 0.3) is 0 Å². The molecule has 2 amide bonds. The monoisotopic (exact) mass is 480 g/mol. The fourth-order valence-electron chi connectivity index (χ4n) is 4.06. The predicted octanol–water partition coefficient (Wildman–Crippen LogP) is 2.28. The van der Waals surface area contributed by atoms with Gasteiger partial charge in [-0.1, -0.05) is 12.2 Å². The molecule has 2 bridgehead atoms. The molecule has 1 heterocycles. The maximum absolute atomic E-state index is 12.6. The fraction of sp³-hybridized carbons (Fsp3) is 0.368. The summed E-state index contributed by atoms with van der Waals surface area (Å²) < 4.78 is 6.09. The summed E-state index contributed by atoms with van der Waals surface area (Å²) in [7, 11) is 0. The number of ether oxygens (including phenoxy) is 1. The minimum Gasteiger partial charge on any atom is -0.479 e. The number of hydrazone groups is 1. The molecule has 8 heteroatoms. The van der Waals surface area contributed by atoms with Gasteiger partial charge in [0.2, 0.25) is 0 Å². The number of aliphatic carboxylic acids is 1. The maximum atomic E-state index is 12.6. The first-order valence-electron chi connectivity index (χ1n) is 8.66. The lowest BCUT2D eigenvalue weighted by Gasteiger charge is -2.13. The van der Waals surface area contributed by atoms with Crippen molar-refractivity contribution in [2.75, 3.05) is 0 Å². The molecule has 140 valence electrons. The van der Waals surface area contributed by atoms with Crippen molar-refractivity contribution in [3.8, 4) is 5.75 Å². The van der Waals surface area contributed by atoms with Crippen LogP contribution in [0.15, 0.2) is 35.5 Å². The number of imide groups is 1. The summed E-state index contributed by atoms with van der Waals surface area (Å²) in [6.07, 6.45) is 5.49. The van der Waals surface area contributed by atoms with E-state index in [1.807, 2.05) is 34.7 Å². The molecule has 2 fully saturated rings. The van der Waals surface area contributed by atoms with E-state index in [-0.39, 0.29) is 35.5 Å². The van der Waals surface area contributed by atoms with E-state index in [4.69, 9.17) is 9.84 Å². The van der Waals surface area contributed by atoms with E-state index in [1.54, 1.807) is 18.2 Å². The summed E-state index contributed by atoms with van der Waals surface area (Å²) in [5, 5.41) is 14.1. The molecule has 5 atom stereocenters. The van der Waals surface area contributed by atoms with Crippen LogP contribution in [0.1, 0.15) is 18.9 Å². The first-order chi connectivity index (χ1) is 12.9. The van der Waals surface area contributed by atoms with E-state index in [9.17, 15) is 14.4 Å². The van der Waals surface area contributed by atoms with Crippen molar-refractivity contribution in [2.45, 2.75) is 19.4 Å². The number of carboxylic acids is 1. The number of allylic oxidation sites excluding steroid dienone is 2. The van der Waals surface area contributed by atoms with Crippen molar-refractivity contribution in [3.63, 3.8) is 0 Å². The number of halogens is 1. The number of carboxylic acid groups (broad SMARTS) is 1. The third-order valence-electron chi connectivity index (χ3n) is 5.38. The van der Waals surface area contributed by atoms with Crippen LogP contribution in [0.4, 0.5) is 0 Å². The van der Waals surface area contributed by atoms with Gasteiger partial charge in [-0.2, -0.15) is 10.1 Å². The standard InChI is InChI=1S/C19H17IN2O5/c1-9(19(25)26)27-14-5-2-10(6-13(14)20)8-21-22-17(23)15-11-3-4-12(7-11)16(15)18(22)24/h2-6,8-9,11-12,15-16H,7H2,1H3,(H,25,26). The second kappa shape index (κ2) is 6.74. The Hall–Kier alpha value is -2.23. The lowest BCUT2D eigenvalue weighted by atomic mass is 9.85. The number of carbonyl (C=O) groups is 3. The first kappa shape index (κ1) is 18.1. The second-order valence-electron chi connectivity index (χ2n) is 7.02. The minimum absolute atomic E-state index is 0.158. The molecule has 7 nitrogen and oxygen atoms in total. The van der Waals surface area contributed by atoms with E-state index < -0.39 is 12.1 Å². The number of hydrogen-bond donors (Lipinski definition) is 1. The molecule has 0 radical (unpaired) electrons. The van der Waals surface area contributed by atoms with Gasteiger partial charge in [0.05, 0.1) is 21.6 Å². The molecule has 3 aliphatic rings. The van der Waals surface area contributed by atoms with Crippen LogP contribution in [0, 0.1) is 27.2 Å². The van der Waals surface area contributed by atoms with E-state index in [0.717, 1.165) is 11.4 Å². The molecule has 1 aromatic carbocycles. The van der Waals surface area contributed by atoms with E-state index >= 15 is 0 Å². The van der Waals surface area contributed by atoms with Gasteiger partial charge in [-0.25, -0.2) is 4.79 Å². The average molecular weight is 480 g/mol. The summed E-state index contributed by atoms with van der Waals surface area (Å²) in [4.78, 5) is 36.1. The van der Waals surface area contributed by atoms with Gasteiger partial charge < -0.3 is 9.84 Å². The highest BCUT2D eigenvalue weighted by Crippen LogP contribution is 2.52. The van der Waals surface area contributed by atoms with Gasteiger partial charge in [0.25, 0.3) is 11.8 Å². The van der Waals surface area contributed by atoms with E-state index in [2.05, 4.69) is 5.10 Å². The number of nitrogens with zero attached hydrogens (tertiary/aromatic N) is 2. The summed E-state index contributed by atoms with van der Waals surface area (Å²) in [6, 6.07) is 5.10. The van der Waals surface area contributed by atoms with Crippen molar-refractivity contribution in [1.29, 1.82) is 0 Å². The van der Waals surface area contributed by atoms with Crippen LogP contribution in [-0.2, 0) is 14.4 Å². The van der Waals surface area contributed by atoms with Gasteiger partial charge in [0, 0.05) is 0 Å². The smallest absolute Gasteiger partial charge is 0.344 e. The Bertz CT molecular complexity index is 866. The van der Waals surface area contributed by atoms with Crippen molar-refractivity contribution in [3.05, 3.63) is 39.5 Å². The Morgan fingerprint density at radius 3 is 2.48 bits per heavy atom. The summed E-state index contributed by atoms with van der Waals surface area (Å²) in [6.45, 7) is 1.46. The zero-order chi connectivity index (χ0) is 19.3. The Labute approximate surface area is 169 Å². The Kier molecular flexibility index (Phi) is 4.53. The van der Waals surface area contributed by atoms with Gasteiger partial charge in [-0.15, -0.1) is 0 Å². The molecule has 1 aliphatic heterocycles. The predicted molar refractivity (Wildman–Crippen MR) is 104 cm³/mol. The fourth-order valence-corrected chi connectivity index (χ4v) is 4.73. The van der Waals surface area contributed by atoms with Crippen molar-refractivity contribution in [1.82, 2.24) is 5.01 Å². The number of benzene rings is 1. The highest BCUT2D eigenvalue weighted by atomic mass is 127. The van der Waals surface area contributed by atoms with Gasteiger partial charge in [0.15, 0.2) is 6.10 Å². The highest BCUT2D eigenvalue weighted by Gasteiger charge is 2.59. The largest absolute Gasteiger partial charge is 0.479 e. The zero-order valence-corrected chi connectivity index (χ0v) is 16.6. The highest BCUT2D eigenvalue weighted by molar-refractivity contribution is 14.1. The lowest BCUT2D eigenvalue weighted by Crippen LogP contribution is -2.28. The quantitative estimate of drug-likeness (QED) is 0.302. The maximum Gasteiger partial charge on any atom is 0.344 e. The molecule has 1 N–H and O–H groups in total. The van der Waals surface area contributed by atoms with Crippen LogP contribution in [0.3, 0.4) is 0 Å². The van der Waals surface area contributed by atoms with Gasteiger partial charge in [0.1, 0.15) is 5.75 Å². The van der Waals surface area contributed by atoms with Gasteiger partial charge >= 0.3 is 5.97 Å². The van der Waals surface area contributed by atoms with Crippen LogP contribution < -0.4 is 4.74 Å². The normalized spacial score (nSPS) is 29.6. The molecular formula is C19H17IN2O5. The zero-order valence-electron chi connectivity index (χ0n) is 14.4. The Morgan fingerprint density at radius 2 is 1.93 bits per heavy atom. The van der Waals surface area contributed by atoms with Crippen LogP contribution in [-0.4, -0.2) is 40.2 Å². The number of hydrogen-bond acceptors (Lipinski definition) is 5. The van der Waals surface area contributed by atoms with Crippen LogP contribution in [0.2, 0.25) is 0 Å². The number of carbonyl (C=O) groups excluding carboxylic acids is 2. The SMILES string of the molecule is CC(Oc1ccc(C=NN2C(=O)C3C4C=CC(C4)C3C2=O)cc1I)C(=O)O. The lowest BCUT2D eigenvalue weighted by molar-refractivity contribution is -0.144. The van der Waals surface area contributed by atoms with E-state index in [0.29, 0.717) is 14.9 Å². The van der Waals surface area contributed by atoms with Crippen molar-refractivity contribution in [2.24, 2.45) is 28.8 Å². The molecule has 5 unspecified atom stereocenters. The molecule has 0 spiro atoms. The summed E-state index contributed by atoms with van der Waals surface area (Å²) in [5.74, 6) is -1.25. The third-order valence-corrected chi connectivity index (χ3v) is 6.22. The van der Waals surface area contributed by atoms with Gasteiger partial charge in [-0.3, -0.25) is 9.59 Å². The van der Waals surface area contributed by atoms with Crippen molar-refractivity contribution < 1.29 is 24.2 Å². The number of fused-ring (bicyclic) bond motifs is 5. The minimum atomic E-state index is -1.04. The Morgan fingerprint density at radius 1 is 1.30 bits per heavy atom. The molecule has 1 saturated heterocycles. The van der Waals surface area contributed by atoms with Crippen LogP contribution >= 0.6 is 22.6 Å². The Balaban J connectivity index is 1.49.